The zero-order valence-electron chi connectivity index (χ0n) is 7.34. The second-order valence-electron chi connectivity index (χ2n) is 2.89. The molecule has 0 atom stereocenters. The van der Waals surface area contributed by atoms with Gasteiger partial charge in [0.05, 0.1) is 10.9 Å². The number of hydrogen-bond donors (Lipinski definition) is 2. The molecule has 0 aliphatic heterocycles. The first-order valence-corrected chi connectivity index (χ1v) is 4.61. The Kier molecular flexibility index (Phi) is 3.10. The smallest absolute Gasteiger partial charge is 0.308 e. The molecule has 5 heteroatoms. The third-order valence-electron chi connectivity index (χ3n) is 1.79. The first kappa shape index (κ1) is 11.0. The number of carbonyl (C=O) groups is 1. The Morgan fingerprint density at radius 2 is 2.21 bits per heavy atom. The quantitative estimate of drug-likeness (QED) is 0.860. The number of aryl methyl sites for hydroxylation is 1. The van der Waals surface area contributed by atoms with Gasteiger partial charge < -0.3 is 10.2 Å². The molecular weight excluding hydrogens is 255 g/mol. The van der Waals surface area contributed by atoms with Crippen molar-refractivity contribution in [2.45, 2.75) is 13.3 Å². The molecule has 2 N–H and O–H groups in total. The summed E-state index contributed by atoms with van der Waals surface area (Å²) < 4.78 is 13.7. The van der Waals surface area contributed by atoms with Crippen molar-refractivity contribution in [3.05, 3.63) is 27.5 Å². The Hall–Kier alpha value is -1.10. The fourth-order valence-corrected chi connectivity index (χ4v) is 1.70. The van der Waals surface area contributed by atoms with E-state index in [0.29, 0.717) is 10.0 Å². The number of carboxylic acids is 1. The van der Waals surface area contributed by atoms with E-state index >= 15 is 0 Å². The van der Waals surface area contributed by atoms with Crippen LogP contribution in [-0.4, -0.2) is 16.2 Å². The standard InChI is InChI=1S/C9H8BrFO3/c1-4-2-6(10)9(14)5(8(4)11)3-7(12)13/h2,14H,3H2,1H3,(H,12,13). The van der Waals surface area contributed by atoms with E-state index in [1.165, 1.54) is 13.0 Å². The molecule has 1 rings (SSSR count). The van der Waals surface area contributed by atoms with Crippen molar-refractivity contribution in [3.8, 4) is 5.75 Å². The van der Waals surface area contributed by atoms with Crippen molar-refractivity contribution in [1.29, 1.82) is 0 Å². The van der Waals surface area contributed by atoms with Crippen molar-refractivity contribution < 1.29 is 19.4 Å². The maximum atomic E-state index is 13.4. The van der Waals surface area contributed by atoms with E-state index in [-0.39, 0.29) is 11.3 Å². The van der Waals surface area contributed by atoms with Gasteiger partial charge in [-0.05, 0) is 34.5 Å². The minimum atomic E-state index is -1.18. The average Bonchev–Trinajstić information content (AvgIpc) is 2.09. The third-order valence-corrected chi connectivity index (χ3v) is 2.40. The van der Waals surface area contributed by atoms with E-state index in [1.807, 2.05) is 0 Å². The predicted octanol–water partition coefficient (Wildman–Crippen LogP) is 2.23. The lowest BCUT2D eigenvalue weighted by Crippen LogP contribution is -2.04. The van der Waals surface area contributed by atoms with Gasteiger partial charge in [-0.2, -0.15) is 0 Å². The first-order valence-electron chi connectivity index (χ1n) is 3.81. The molecule has 0 amide bonds. The summed E-state index contributed by atoms with van der Waals surface area (Å²) in [5.74, 6) is -2.21. The van der Waals surface area contributed by atoms with Crippen molar-refractivity contribution in [1.82, 2.24) is 0 Å². The van der Waals surface area contributed by atoms with E-state index in [1.54, 1.807) is 0 Å². The molecule has 76 valence electrons. The van der Waals surface area contributed by atoms with Gasteiger partial charge in [0, 0.05) is 5.56 Å². The number of benzene rings is 1. The minimum absolute atomic E-state index is 0.190. The maximum Gasteiger partial charge on any atom is 0.308 e. The predicted molar refractivity (Wildman–Crippen MR) is 51.8 cm³/mol. The Labute approximate surface area is 88.3 Å². The van der Waals surface area contributed by atoms with Crippen LogP contribution in [0.4, 0.5) is 4.39 Å². The Morgan fingerprint density at radius 1 is 1.64 bits per heavy atom. The third kappa shape index (κ3) is 2.04. The number of carboxylic acid groups (broad SMARTS) is 1. The summed E-state index contributed by atoms with van der Waals surface area (Å²) in [7, 11) is 0. The molecule has 14 heavy (non-hydrogen) atoms. The summed E-state index contributed by atoms with van der Waals surface area (Å²) >= 11 is 3.01. The lowest BCUT2D eigenvalue weighted by atomic mass is 10.1. The monoisotopic (exact) mass is 262 g/mol. The molecule has 0 heterocycles. The van der Waals surface area contributed by atoms with Gasteiger partial charge in [-0.15, -0.1) is 0 Å². The summed E-state index contributed by atoms with van der Waals surface area (Å²) in [5, 5.41) is 17.9. The second-order valence-corrected chi connectivity index (χ2v) is 3.74. The van der Waals surface area contributed by atoms with Crippen molar-refractivity contribution >= 4 is 21.9 Å². The molecule has 0 radical (unpaired) electrons. The molecule has 0 fully saturated rings. The van der Waals surface area contributed by atoms with Crippen LogP contribution in [0.1, 0.15) is 11.1 Å². The largest absolute Gasteiger partial charge is 0.506 e. The number of aromatic hydroxyl groups is 1. The van der Waals surface area contributed by atoms with Gasteiger partial charge in [-0.25, -0.2) is 4.39 Å². The Morgan fingerprint density at radius 3 is 2.71 bits per heavy atom. The fourth-order valence-electron chi connectivity index (χ4n) is 1.12. The molecule has 1 aromatic rings. The van der Waals surface area contributed by atoms with Crippen LogP contribution in [0.2, 0.25) is 0 Å². The highest BCUT2D eigenvalue weighted by molar-refractivity contribution is 9.10. The number of aliphatic carboxylic acids is 1. The molecule has 0 bridgehead atoms. The number of phenols is 1. The molecule has 0 aliphatic carbocycles. The normalized spacial score (nSPS) is 10.2. The number of halogens is 2. The Bertz CT molecular complexity index is 364. The SMILES string of the molecule is Cc1cc(Br)c(O)c(CC(=O)O)c1F. The summed E-state index contributed by atoms with van der Waals surface area (Å²) in [6.07, 6.45) is -0.530. The maximum absolute atomic E-state index is 13.4. The highest BCUT2D eigenvalue weighted by atomic mass is 79.9. The average molecular weight is 263 g/mol. The van der Waals surface area contributed by atoms with Crippen molar-refractivity contribution in [2.75, 3.05) is 0 Å². The molecule has 0 unspecified atom stereocenters. The molecule has 0 spiro atoms. The van der Waals surface area contributed by atoms with Crippen LogP contribution in [0.25, 0.3) is 0 Å². The fraction of sp³-hybridized carbons (Fsp3) is 0.222. The van der Waals surface area contributed by atoms with E-state index in [4.69, 9.17) is 5.11 Å². The summed E-state index contributed by atoms with van der Waals surface area (Å²) in [5.41, 5.74) is 0.107. The summed E-state index contributed by atoms with van der Waals surface area (Å²) in [4.78, 5) is 10.4. The zero-order valence-corrected chi connectivity index (χ0v) is 8.93. The summed E-state index contributed by atoms with van der Waals surface area (Å²) in [6, 6.07) is 1.40. The van der Waals surface area contributed by atoms with Crippen LogP contribution in [0.5, 0.6) is 5.75 Å². The van der Waals surface area contributed by atoms with E-state index in [9.17, 15) is 14.3 Å². The van der Waals surface area contributed by atoms with Crippen LogP contribution in [-0.2, 0) is 11.2 Å². The van der Waals surface area contributed by atoms with Gasteiger partial charge in [-0.1, -0.05) is 0 Å². The molecule has 0 saturated carbocycles. The molecule has 0 aliphatic rings. The van der Waals surface area contributed by atoms with Gasteiger partial charge in [0.2, 0.25) is 0 Å². The Balaban J connectivity index is 3.31. The van der Waals surface area contributed by atoms with E-state index in [0.717, 1.165) is 0 Å². The van der Waals surface area contributed by atoms with Crippen LogP contribution >= 0.6 is 15.9 Å². The van der Waals surface area contributed by atoms with Gasteiger partial charge in [0.25, 0.3) is 0 Å². The topological polar surface area (TPSA) is 57.5 Å². The highest BCUT2D eigenvalue weighted by Crippen LogP contribution is 2.32. The lowest BCUT2D eigenvalue weighted by Gasteiger charge is -2.07. The second kappa shape index (κ2) is 3.96. The van der Waals surface area contributed by atoms with E-state index < -0.39 is 18.2 Å². The van der Waals surface area contributed by atoms with Gasteiger partial charge in [0.1, 0.15) is 11.6 Å². The van der Waals surface area contributed by atoms with Gasteiger partial charge >= 0.3 is 5.97 Å². The van der Waals surface area contributed by atoms with E-state index in [2.05, 4.69) is 15.9 Å². The number of phenolic OH excluding ortho intramolecular Hbond substituents is 1. The molecular formula is C9H8BrFO3. The van der Waals surface area contributed by atoms with Gasteiger partial charge in [-0.3, -0.25) is 4.79 Å². The lowest BCUT2D eigenvalue weighted by molar-refractivity contribution is -0.136. The zero-order chi connectivity index (χ0) is 10.9. The van der Waals surface area contributed by atoms with Crippen LogP contribution < -0.4 is 0 Å². The summed E-state index contributed by atoms with van der Waals surface area (Å²) in [6.45, 7) is 1.50. The first-order chi connectivity index (χ1) is 6.43. The van der Waals surface area contributed by atoms with Crippen molar-refractivity contribution in [3.63, 3.8) is 0 Å². The highest BCUT2D eigenvalue weighted by Gasteiger charge is 2.16. The van der Waals surface area contributed by atoms with Crippen LogP contribution in [0, 0.1) is 12.7 Å². The van der Waals surface area contributed by atoms with Crippen molar-refractivity contribution in [2.24, 2.45) is 0 Å². The molecule has 0 saturated heterocycles. The number of rotatable bonds is 2. The van der Waals surface area contributed by atoms with Gasteiger partial charge in [0.15, 0.2) is 0 Å². The number of hydrogen-bond acceptors (Lipinski definition) is 2. The molecule has 3 nitrogen and oxygen atoms in total. The minimum Gasteiger partial charge on any atom is -0.506 e. The molecule has 0 aromatic heterocycles. The van der Waals surface area contributed by atoms with Crippen LogP contribution in [0.15, 0.2) is 10.5 Å². The van der Waals surface area contributed by atoms with Crippen LogP contribution in [0.3, 0.4) is 0 Å². The molecule has 1 aromatic carbocycles.